The molecule has 0 saturated heterocycles. The molecule has 1 heterocycles. The molecule has 5 heteroatoms. The van der Waals surface area contributed by atoms with Crippen molar-refractivity contribution < 1.29 is 9.90 Å². The van der Waals surface area contributed by atoms with E-state index in [1.54, 1.807) is 0 Å². The van der Waals surface area contributed by atoms with Gasteiger partial charge >= 0.3 is 0 Å². The van der Waals surface area contributed by atoms with Crippen LogP contribution in [0.2, 0.25) is 0 Å². The highest BCUT2D eigenvalue weighted by Gasteiger charge is 2.15. The fraction of sp³-hybridized carbons (Fsp3) is 0.286. The second-order valence-corrected chi connectivity index (χ2v) is 7.43. The van der Waals surface area contributed by atoms with Gasteiger partial charge in [0.15, 0.2) is 5.82 Å². The van der Waals surface area contributed by atoms with Crippen LogP contribution in [-0.4, -0.2) is 22.0 Å². The van der Waals surface area contributed by atoms with E-state index in [0.717, 1.165) is 16.5 Å². The number of nitrogens with one attached hydrogen (secondary N) is 1. The Morgan fingerprint density at radius 3 is 2.31 bits per heavy atom. The quantitative estimate of drug-likeness (QED) is 0.784. The SMILES string of the molecule is C[C@H](Nc1nc(-c2ccc(C(C)(C)C)cc2)nc2ccccc12)C(=O)[O-]. The molecule has 3 rings (SSSR count). The lowest BCUT2D eigenvalue weighted by Crippen LogP contribution is -2.38. The predicted octanol–water partition coefficient (Wildman–Crippen LogP) is 3.14. The Morgan fingerprint density at radius 2 is 1.69 bits per heavy atom. The van der Waals surface area contributed by atoms with Crippen LogP contribution in [0.3, 0.4) is 0 Å². The Kier molecular flexibility index (Phi) is 4.64. The number of fused-ring (bicyclic) bond motifs is 1. The number of aliphatic carboxylic acids is 1. The lowest BCUT2D eigenvalue weighted by atomic mass is 9.87. The van der Waals surface area contributed by atoms with Gasteiger partial charge in [-0.05, 0) is 30.0 Å². The first-order chi connectivity index (χ1) is 12.3. The highest BCUT2D eigenvalue weighted by atomic mass is 16.4. The number of para-hydroxylation sites is 1. The summed E-state index contributed by atoms with van der Waals surface area (Å²) in [6, 6.07) is 14.8. The molecule has 5 nitrogen and oxygen atoms in total. The van der Waals surface area contributed by atoms with E-state index in [4.69, 9.17) is 0 Å². The van der Waals surface area contributed by atoms with Crippen LogP contribution in [0.15, 0.2) is 48.5 Å². The average Bonchev–Trinajstić information content (AvgIpc) is 2.61. The first-order valence-corrected chi connectivity index (χ1v) is 8.61. The topological polar surface area (TPSA) is 77.9 Å². The molecule has 0 amide bonds. The van der Waals surface area contributed by atoms with Crippen LogP contribution in [0, 0.1) is 0 Å². The molecule has 0 aliphatic carbocycles. The molecular formula is C21H22N3O2-. The molecule has 0 bridgehead atoms. The molecule has 1 atom stereocenters. The second-order valence-electron chi connectivity index (χ2n) is 7.43. The number of aromatic nitrogens is 2. The zero-order valence-electron chi connectivity index (χ0n) is 15.4. The lowest BCUT2D eigenvalue weighted by Gasteiger charge is -2.19. The number of carbonyl (C=O) groups excluding carboxylic acids is 1. The molecule has 1 aromatic heterocycles. The summed E-state index contributed by atoms with van der Waals surface area (Å²) in [7, 11) is 0. The molecule has 2 aromatic carbocycles. The van der Waals surface area contributed by atoms with Gasteiger partial charge in [-0.2, -0.15) is 0 Å². The van der Waals surface area contributed by atoms with Crippen molar-refractivity contribution in [3.8, 4) is 11.4 Å². The van der Waals surface area contributed by atoms with Crippen molar-refractivity contribution in [1.29, 1.82) is 0 Å². The molecule has 3 aromatic rings. The summed E-state index contributed by atoms with van der Waals surface area (Å²) >= 11 is 0. The van der Waals surface area contributed by atoms with Crippen LogP contribution in [0.4, 0.5) is 5.82 Å². The van der Waals surface area contributed by atoms with Gasteiger partial charge in [-0.25, -0.2) is 9.97 Å². The van der Waals surface area contributed by atoms with Gasteiger partial charge in [0, 0.05) is 10.9 Å². The van der Waals surface area contributed by atoms with Gasteiger partial charge in [-0.1, -0.05) is 57.2 Å². The molecule has 0 aliphatic rings. The molecule has 0 aliphatic heterocycles. The van der Waals surface area contributed by atoms with Gasteiger partial charge in [0.05, 0.1) is 17.5 Å². The number of anilines is 1. The third-order valence-electron chi connectivity index (χ3n) is 4.32. The van der Waals surface area contributed by atoms with Crippen LogP contribution in [0.5, 0.6) is 0 Å². The van der Waals surface area contributed by atoms with Crippen molar-refractivity contribution >= 4 is 22.7 Å². The summed E-state index contributed by atoms with van der Waals surface area (Å²) in [5.74, 6) is -0.136. The fourth-order valence-corrected chi connectivity index (χ4v) is 2.70. The lowest BCUT2D eigenvalue weighted by molar-refractivity contribution is -0.306. The van der Waals surface area contributed by atoms with E-state index in [1.165, 1.54) is 12.5 Å². The minimum atomic E-state index is -1.18. The van der Waals surface area contributed by atoms with Crippen LogP contribution < -0.4 is 10.4 Å². The van der Waals surface area contributed by atoms with Crippen LogP contribution in [0.25, 0.3) is 22.3 Å². The van der Waals surface area contributed by atoms with Crippen molar-refractivity contribution in [2.45, 2.75) is 39.2 Å². The Labute approximate surface area is 153 Å². The van der Waals surface area contributed by atoms with E-state index in [0.29, 0.717) is 11.6 Å². The highest BCUT2D eigenvalue weighted by molar-refractivity contribution is 5.92. The van der Waals surface area contributed by atoms with Gasteiger partial charge in [-0.3, -0.25) is 0 Å². The maximum absolute atomic E-state index is 11.1. The molecule has 0 spiro atoms. The van der Waals surface area contributed by atoms with Gasteiger partial charge in [-0.15, -0.1) is 0 Å². The zero-order valence-corrected chi connectivity index (χ0v) is 15.4. The van der Waals surface area contributed by atoms with E-state index >= 15 is 0 Å². The predicted molar refractivity (Wildman–Crippen MR) is 102 cm³/mol. The standard InChI is InChI=1S/C21H23N3O2/c1-13(20(25)26)22-19-16-7-5-6-8-17(16)23-18(24-19)14-9-11-15(12-10-14)21(2,3)4/h5-13H,1-4H3,(H,25,26)(H,22,23,24)/p-1/t13-/m0/s1. The van der Waals surface area contributed by atoms with E-state index in [-0.39, 0.29) is 5.41 Å². The van der Waals surface area contributed by atoms with Crippen LogP contribution in [-0.2, 0) is 10.2 Å². The molecule has 0 saturated carbocycles. The summed E-state index contributed by atoms with van der Waals surface area (Å²) in [6.07, 6.45) is 0. The highest BCUT2D eigenvalue weighted by Crippen LogP contribution is 2.28. The smallest absolute Gasteiger partial charge is 0.162 e. The number of carboxylic acids is 1. The molecule has 134 valence electrons. The summed E-state index contributed by atoms with van der Waals surface area (Å²) in [5.41, 5.74) is 2.93. The van der Waals surface area contributed by atoms with Gasteiger partial charge in [0.25, 0.3) is 0 Å². The molecule has 0 unspecified atom stereocenters. The Balaban J connectivity index is 2.07. The molecule has 1 N–H and O–H groups in total. The zero-order chi connectivity index (χ0) is 18.9. The maximum Gasteiger partial charge on any atom is 0.162 e. The average molecular weight is 348 g/mol. The third kappa shape index (κ3) is 3.67. The third-order valence-corrected chi connectivity index (χ3v) is 4.32. The number of benzene rings is 2. The number of nitrogens with zero attached hydrogens (tertiary/aromatic N) is 2. The Bertz CT molecular complexity index is 944. The summed E-state index contributed by atoms with van der Waals surface area (Å²) < 4.78 is 0. The first-order valence-electron chi connectivity index (χ1n) is 8.61. The second kappa shape index (κ2) is 6.75. The number of hydrogen-bond donors (Lipinski definition) is 1. The van der Waals surface area contributed by atoms with Crippen molar-refractivity contribution in [2.24, 2.45) is 0 Å². The number of carbonyl (C=O) groups is 1. The van der Waals surface area contributed by atoms with E-state index in [9.17, 15) is 9.90 Å². The molecular weight excluding hydrogens is 326 g/mol. The van der Waals surface area contributed by atoms with Crippen molar-refractivity contribution in [1.82, 2.24) is 9.97 Å². The summed E-state index contributed by atoms with van der Waals surface area (Å²) in [6.45, 7) is 8.03. The number of carboxylic acid groups (broad SMARTS) is 1. The number of hydrogen-bond acceptors (Lipinski definition) is 5. The van der Waals surface area contributed by atoms with Crippen molar-refractivity contribution in [3.05, 3.63) is 54.1 Å². The van der Waals surface area contributed by atoms with E-state index < -0.39 is 12.0 Å². The Morgan fingerprint density at radius 1 is 1.04 bits per heavy atom. The Hall–Kier alpha value is -2.95. The summed E-state index contributed by atoms with van der Waals surface area (Å²) in [5, 5.41) is 14.8. The largest absolute Gasteiger partial charge is 0.548 e. The fourth-order valence-electron chi connectivity index (χ4n) is 2.70. The minimum Gasteiger partial charge on any atom is -0.548 e. The normalized spacial score (nSPS) is 12.8. The summed E-state index contributed by atoms with van der Waals surface area (Å²) in [4.78, 5) is 20.3. The monoisotopic (exact) mass is 348 g/mol. The maximum atomic E-state index is 11.1. The first kappa shape index (κ1) is 17.9. The van der Waals surface area contributed by atoms with E-state index in [1.807, 2.05) is 36.4 Å². The van der Waals surface area contributed by atoms with Crippen molar-refractivity contribution in [2.75, 3.05) is 5.32 Å². The molecule has 0 radical (unpaired) electrons. The number of rotatable bonds is 4. The minimum absolute atomic E-state index is 0.0689. The van der Waals surface area contributed by atoms with Crippen molar-refractivity contribution in [3.63, 3.8) is 0 Å². The van der Waals surface area contributed by atoms with Gasteiger partial charge < -0.3 is 15.2 Å². The van der Waals surface area contributed by atoms with E-state index in [2.05, 4.69) is 48.2 Å². The van der Waals surface area contributed by atoms with Crippen LogP contribution in [0.1, 0.15) is 33.3 Å². The van der Waals surface area contributed by atoms with Crippen LogP contribution >= 0.6 is 0 Å². The molecule has 0 fully saturated rings. The van der Waals surface area contributed by atoms with Gasteiger partial charge in [0.2, 0.25) is 0 Å². The molecule has 26 heavy (non-hydrogen) atoms. The van der Waals surface area contributed by atoms with Gasteiger partial charge in [0.1, 0.15) is 5.82 Å².